The van der Waals surface area contributed by atoms with Crippen LogP contribution in [0.5, 0.6) is 0 Å². The van der Waals surface area contributed by atoms with Crippen LogP contribution in [0.25, 0.3) is 0 Å². The minimum absolute atomic E-state index is 1.07. The van der Waals surface area contributed by atoms with Crippen molar-refractivity contribution >= 4 is 0 Å². The van der Waals surface area contributed by atoms with Gasteiger partial charge in [-0.15, -0.1) is 0 Å². The quantitative estimate of drug-likeness (QED) is 0.628. The Bertz CT molecular complexity index is 177. The standard InChI is InChI=1S/C9H15N2/c1-10(2)6-5-9-11-7-3-4-8-11/h3-4,7H,5-6,9H2,1-2H3. The van der Waals surface area contributed by atoms with Gasteiger partial charge in [0, 0.05) is 12.7 Å². The van der Waals surface area contributed by atoms with E-state index in [0.29, 0.717) is 0 Å². The lowest BCUT2D eigenvalue weighted by Gasteiger charge is -2.08. The molecule has 0 bridgehead atoms. The van der Waals surface area contributed by atoms with Gasteiger partial charge in [0.25, 0.3) is 0 Å². The topological polar surface area (TPSA) is 8.17 Å². The van der Waals surface area contributed by atoms with Gasteiger partial charge in [-0.2, -0.15) is 0 Å². The number of hydrogen-bond donors (Lipinski definition) is 0. The van der Waals surface area contributed by atoms with Crippen molar-refractivity contribution in [2.24, 2.45) is 0 Å². The zero-order chi connectivity index (χ0) is 8.10. The van der Waals surface area contributed by atoms with Gasteiger partial charge in [0.15, 0.2) is 0 Å². The highest BCUT2D eigenvalue weighted by Crippen LogP contribution is 1.92. The molecular formula is C9H15N2. The van der Waals surface area contributed by atoms with Crippen LogP contribution in [0, 0.1) is 6.20 Å². The molecule has 0 N–H and O–H groups in total. The molecule has 1 radical (unpaired) electrons. The van der Waals surface area contributed by atoms with Gasteiger partial charge in [-0.05, 0) is 39.2 Å². The normalized spacial score (nSPS) is 10.8. The Hall–Kier alpha value is -0.760. The fraction of sp³-hybridized carbons (Fsp3) is 0.556. The summed E-state index contributed by atoms with van der Waals surface area (Å²) in [7, 11) is 4.19. The van der Waals surface area contributed by atoms with Crippen molar-refractivity contribution < 1.29 is 0 Å². The highest BCUT2D eigenvalue weighted by Gasteiger charge is 1.91. The highest BCUT2D eigenvalue weighted by atomic mass is 15.1. The number of aryl methyl sites for hydroxylation is 1. The molecule has 0 fully saturated rings. The van der Waals surface area contributed by atoms with Crippen molar-refractivity contribution in [1.29, 1.82) is 0 Å². The largest absolute Gasteiger partial charge is 0.346 e. The van der Waals surface area contributed by atoms with Gasteiger partial charge in [-0.1, -0.05) is 0 Å². The van der Waals surface area contributed by atoms with Gasteiger partial charge in [0.1, 0.15) is 0 Å². The molecule has 61 valence electrons. The number of aromatic nitrogens is 1. The summed E-state index contributed by atoms with van der Waals surface area (Å²) in [5.74, 6) is 0. The fourth-order valence-electron chi connectivity index (χ4n) is 1.03. The van der Waals surface area contributed by atoms with E-state index in [1.165, 1.54) is 6.42 Å². The highest BCUT2D eigenvalue weighted by molar-refractivity contribution is 4.88. The van der Waals surface area contributed by atoms with Crippen LogP contribution in [0.1, 0.15) is 6.42 Å². The molecule has 11 heavy (non-hydrogen) atoms. The summed E-state index contributed by atoms with van der Waals surface area (Å²) in [5, 5.41) is 0. The molecule has 2 nitrogen and oxygen atoms in total. The summed E-state index contributed by atoms with van der Waals surface area (Å²) in [4.78, 5) is 2.20. The Labute approximate surface area is 68.4 Å². The number of nitrogens with zero attached hydrogens (tertiary/aromatic N) is 2. The second kappa shape index (κ2) is 4.19. The third-order valence-electron chi connectivity index (χ3n) is 1.61. The number of hydrogen-bond acceptors (Lipinski definition) is 1. The molecule has 0 saturated carbocycles. The molecule has 0 saturated heterocycles. The maximum Gasteiger partial charge on any atom is 0.0647 e. The van der Waals surface area contributed by atoms with Crippen LogP contribution in [0.2, 0.25) is 0 Å². The smallest absolute Gasteiger partial charge is 0.0647 e. The molecule has 1 rings (SSSR count). The van der Waals surface area contributed by atoms with E-state index in [4.69, 9.17) is 0 Å². The van der Waals surface area contributed by atoms with Gasteiger partial charge in [0.2, 0.25) is 0 Å². The maximum atomic E-state index is 3.11. The predicted octanol–water partition coefficient (Wildman–Crippen LogP) is 1.24. The molecule has 0 amide bonds. The van der Waals surface area contributed by atoms with Crippen LogP contribution in [0.3, 0.4) is 0 Å². The van der Waals surface area contributed by atoms with E-state index in [2.05, 4.69) is 36.0 Å². The van der Waals surface area contributed by atoms with Crippen LogP contribution in [-0.2, 0) is 6.54 Å². The summed E-state index contributed by atoms with van der Waals surface area (Å²) in [6.07, 6.45) is 6.35. The fourth-order valence-corrected chi connectivity index (χ4v) is 1.03. The first kappa shape index (κ1) is 8.34. The Morgan fingerprint density at radius 3 is 2.82 bits per heavy atom. The van der Waals surface area contributed by atoms with Crippen LogP contribution in [0.15, 0.2) is 18.3 Å². The van der Waals surface area contributed by atoms with Crippen LogP contribution in [0.4, 0.5) is 0 Å². The van der Waals surface area contributed by atoms with Crippen molar-refractivity contribution in [3.8, 4) is 0 Å². The average Bonchev–Trinajstić information content (AvgIpc) is 2.39. The number of rotatable bonds is 4. The molecule has 1 heterocycles. The minimum atomic E-state index is 1.07. The molecular weight excluding hydrogens is 136 g/mol. The van der Waals surface area contributed by atoms with E-state index in [9.17, 15) is 0 Å². The van der Waals surface area contributed by atoms with Crippen molar-refractivity contribution in [3.05, 3.63) is 24.5 Å². The van der Waals surface area contributed by atoms with Crippen LogP contribution < -0.4 is 0 Å². The molecule has 1 aromatic rings. The molecule has 2 heteroatoms. The van der Waals surface area contributed by atoms with Gasteiger partial charge >= 0.3 is 0 Å². The Morgan fingerprint density at radius 1 is 1.45 bits per heavy atom. The van der Waals surface area contributed by atoms with Crippen molar-refractivity contribution in [3.63, 3.8) is 0 Å². The summed E-state index contributed by atoms with van der Waals surface area (Å²) in [5.41, 5.74) is 0. The molecule has 1 aromatic heterocycles. The van der Waals surface area contributed by atoms with E-state index in [0.717, 1.165) is 13.1 Å². The molecule has 0 aliphatic carbocycles. The van der Waals surface area contributed by atoms with Crippen molar-refractivity contribution in [2.75, 3.05) is 20.6 Å². The zero-order valence-electron chi connectivity index (χ0n) is 7.25. The van der Waals surface area contributed by atoms with Gasteiger partial charge in [-0.3, -0.25) is 0 Å². The lowest BCUT2D eigenvalue weighted by molar-refractivity contribution is 0.386. The third kappa shape index (κ3) is 3.23. The summed E-state index contributed by atoms with van der Waals surface area (Å²) < 4.78 is 2.09. The lowest BCUT2D eigenvalue weighted by atomic mass is 10.4. The van der Waals surface area contributed by atoms with E-state index >= 15 is 0 Å². The van der Waals surface area contributed by atoms with Crippen molar-refractivity contribution in [1.82, 2.24) is 9.47 Å². The summed E-state index contributed by atoms with van der Waals surface area (Å²) in [6.45, 7) is 2.22. The second-order valence-electron chi connectivity index (χ2n) is 2.99. The Morgan fingerprint density at radius 2 is 2.27 bits per heavy atom. The molecule has 0 unspecified atom stereocenters. The molecule has 0 spiro atoms. The van der Waals surface area contributed by atoms with Gasteiger partial charge < -0.3 is 9.47 Å². The lowest BCUT2D eigenvalue weighted by Crippen LogP contribution is -2.14. The average molecular weight is 151 g/mol. The van der Waals surface area contributed by atoms with Crippen LogP contribution in [-0.4, -0.2) is 30.1 Å². The van der Waals surface area contributed by atoms with Gasteiger partial charge in [-0.25, -0.2) is 0 Å². The summed E-state index contributed by atoms with van der Waals surface area (Å²) in [6, 6.07) is 3.95. The van der Waals surface area contributed by atoms with E-state index < -0.39 is 0 Å². The van der Waals surface area contributed by atoms with E-state index in [-0.39, 0.29) is 0 Å². The Balaban J connectivity index is 2.14. The summed E-state index contributed by atoms with van der Waals surface area (Å²) >= 11 is 0. The molecule has 0 aliphatic rings. The predicted molar refractivity (Wildman–Crippen MR) is 46.4 cm³/mol. The van der Waals surface area contributed by atoms with Gasteiger partial charge in [0.05, 0.1) is 6.20 Å². The molecule has 0 aliphatic heterocycles. The van der Waals surface area contributed by atoms with E-state index in [1.807, 2.05) is 12.1 Å². The van der Waals surface area contributed by atoms with Crippen molar-refractivity contribution in [2.45, 2.75) is 13.0 Å². The second-order valence-corrected chi connectivity index (χ2v) is 2.99. The molecule has 0 atom stereocenters. The van der Waals surface area contributed by atoms with E-state index in [1.54, 1.807) is 0 Å². The first-order chi connectivity index (χ1) is 5.29. The Kier molecular flexibility index (Phi) is 3.17. The third-order valence-corrected chi connectivity index (χ3v) is 1.61. The first-order valence-corrected chi connectivity index (χ1v) is 3.96. The minimum Gasteiger partial charge on any atom is -0.346 e. The van der Waals surface area contributed by atoms with Crippen LogP contribution >= 0.6 is 0 Å². The maximum absolute atomic E-state index is 3.11. The monoisotopic (exact) mass is 151 g/mol. The molecule has 0 aromatic carbocycles. The first-order valence-electron chi connectivity index (χ1n) is 3.96. The zero-order valence-corrected chi connectivity index (χ0v) is 7.25. The SMILES string of the molecule is CN(C)CCCn1[c]ccc1.